The minimum absolute atomic E-state index is 0.609. The van der Waals surface area contributed by atoms with E-state index in [1.807, 2.05) is 19.1 Å². The van der Waals surface area contributed by atoms with Crippen LogP contribution < -0.4 is 14.8 Å². The summed E-state index contributed by atoms with van der Waals surface area (Å²) in [5, 5.41) is 3.52. The summed E-state index contributed by atoms with van der Waals surface area (Å²) in [6.45, 7) is 11.4. The third kappa shape index (κ3) is 4.31. The quantitative estimate of drug-likeness (QED) is 0.689. The fourth-order valence-corrected chi connectivity index (χ4v) is 2.75. The summed E-state index contributed by atoms with van der Waals surface area (Å²) in [4.78, 5) is 0. The maximum atomic E-state index is 5.76. The molecular weight excluding hydrogens is 298 g/mol. The molecule has 0 saturated carbocycles. The number of anilines is 1. The number of allylic oxidation sites excluding steroid dienone is 1. The molecule has 0 radical (unpaired) electrons. The molecule has 2 aromatic rings. The van der Waals surface area contributed by atoms with E-state index in [1.54, 1.807) is 7.11 Å². The van der Waals surface area contributed by atoms with Gasteiger partial charge in [-0.1, -0.05) is 18.2 Å². The van der Waals surface area contributed by atoms with Gasteiger partial charge in [0.05, 0.1) is 13.7 Å². The molecule has 1 N–H and O–H groups in total. The van der Waals surface area contributed by atoms with Gasteiger partial charge in [-0.3, -0.25) is 0 Å². The molecule has 0 aliphatic heterocycles. The van der Waals surface area contributed by atoms with Crippen LogP contribution in [0, 0.1) is 13.8 Å². The number of aryl methyl sites for hydroxylation is 2. The van der Waals surface area contributed by atoms with Crippen LogP contribution in [0.15, 0.2) is 43.0 Å². The minimum Gasteiger partial charge on any atom is -0.493 e. The summed E-state index contributed by atoms with van der Waals surface area (Å²) in [5.41, 5.74) is 5.91. The Kier molecular flexibility index (Phi) is 6.30. The zero-order valence-electron chi connectivity index (χ0n) is 15.1. The summed E-state index contributed by atoms with van der Waals surface area (Å²) < 4.78 is 11.3. The summed E-state index contributed by atoms with van der Waals surface area (Å²) in [6, 6.07) is 10.6. The Morgan fingerprint density at radius 3 is 2.62 bits per heavy atom. The van der Waals surface area contributed by atoms with Gasteiger partial charge in [-0.15, -0.1) is 6.58 Å². The Morgan fingerprint density at radius 2 is 1.96 bits per heavy atom. The smallest absolute Gasteiger partial charge is 0.164 e. The zero-order chi connectivity index (χ0) is 17.5. The Morgan fingerprint density at radius 1 is 1.17 bits per heavy atom. The average Bonchev–Trinajstić information content (AvgIpc) is 2.56. The van der Waals surface area contributed by atoms with Gasteiger partial charge in [0.15, 0.2) is 11.5 Å². The van der Waals surface area contributed by atoms with Crippen molar-refractivity contribution in [2.45, 2.75) is 33.7 Å². The molecule has 0 spiro atoms. The lowest BCUT2D eigenvalue weighted by atomic mass is 10.0. The number of hydrogen-bond acceptors (Lipinski definition) is 3. The SMILES string of the molecule is C=CCc1cc(CNc2cc(C)ccc2C)cc(OCC)c1OC. The molecule has 0 heterocycles. The molecule has 2 aromatic carbocycles. The molecule has 2 rings (SSSR count). The zero-order valence-corrected chi connectivity index (χ0v) is 15.1. The number of methoxy groups -OCH3 is 1. The largest absolute Gasteiger partial charge is 0.493 e. The van der Waals surface area contributed by atoms with Gasteiger partial charge in [-0.25, -0.2) is 0 Å². The van der Waals surface area contributed by atoms with Gasteiger partial charge < -0.3 is 14.8 Å². The molecular formula is C21H27NO2. The van der Waals surface area contributed by atoms with Crippen molar-refractivity contribution in [3.05, 3.63) is 65.2 Å². The summed E-state index contributed by atoms with van der Waals surface area (Å²) >= 11 is 0. The van der Waals surface area contributed by atoms with E-state index in [0.29, 0.717) is 6.61 Å². The number of hydrogen-bond donors (Lipinski definition) is 1. The van der Waals surface area contributed by atoms with Gasteiger partial charge in [0.2, 0.25) is 0 Å². The first-order valence-electron chi connectivity index (χ1n) is 8.33. The van der Waals surface area contributed by atoms with Crippen molar-refractivity contribution in [1.82, 2.24) is 0 Å². The van der Waals surface area contributed by atoms with Crippen LogP contribution in [-0.4, -0.2) is 13.7 Å². The third-order valence-electron chi connectivity index (χ3n) is 3.94. The van der Waals surface area contributed by atoms with Gasteiger partial charge in [-0.05, 0) is 62.1 Å². The van der Waals surface area contributed by atoms with E-state index in [2.05, 4.69) is 50.0 Å². The molecule has 0 bridgehead atoms. The Hall–Kier alpha value is -2.42. The lowest BCUT2D eigenvalue weighted by Crippen LogP contribution is -2.05. The van der Waals surface area contributed by atoms with Gasteiger partial charge in [-0.2, -0.15) is 0 Å². The molecule has 0 aromatic heterocycles. The van der Waals surface area contributed by atoms with E-state index >= 15 is 0 Å². The number of nitrogens with one attached hydrogen (secondary N) is 1. The maximum Gasteiger partial charge on any atom is 0.164 e. The highest BCUT2D eigenvalue weighted by molar-refractivity contribution is 5.54. The van der Waals surface area contributed by atoms with Gasteiger partial charge in [0, 0.05) is 17.8 Å². The lowest BCUT2D eigenvalue weighted by Gasteiger charge is -2.17. The Balaban J connectivity index is 2.28. The maximum absolute atomic E-state index is 5.76. The highest BCUT2D eigenvalue weighted by Gasteiger charge is 2.12. The third-order valence-corrected chi connectivity index (χ3v) is 3.94. The molecule has 0 atom stereocenters. The highest BCUT2D eigenvalue weighted by atomic mass is 16.5. The van der Waals surface area contributed by atoms with Gasteiger partial charge in [0.1, 0.15) is 0 Å². The van der Waals surface area contributed by atoms with Crippen LogP contribution in [0.4, 0.5) is 5.69 Å². The second kappa shape index (κ2) is 8.44. The molecule has 0 saturated heterocycles. The van der Waals surface area contributed by atoms with E-state index in [4.69, 9.17) is 9.47 Å². The molecule has 0 fully saturated rings. The summed E-state index contributed by atoms with van der Waals surface area (Å²) in [5.74, 6) is 1.59. The minimum atomic E-state index is 0.609. The predicted octanol–water partition coefficient (Wildman–Crippen LogP) is 5.05. The van der Waals surface area contributed by atoms with Crippen LogP contribution in [0.1, 0.15) is 29.2 Å². The number of benzene rings is 2. The summed E-state index contributed by atoms with van der Waals surface area (Å²) in [7, 11) is 1.68. The fraction of sp³-hybridized carbons (Fsp3) is 0.333. The first kappa shape index (κ1) is 17.9. The molecule has 0 aliphatic rings. The van der Waals surface area contributed by atoms with E-state index in [1.165, 1.54) is 11.1 Å². The van der Waals surface area contributed by atoms with Crippen molar-refractivity contribution < 1.29 is 9.47 Å². The molecule has 3 heteroatoms. The Bertz CT molecular complexity index is 707. The first-order chi connectivity index (χ1) is 11.6. The highest BCUT2D eigenvalue weighted by Crippen LogP contribution is 2.34. The van der Waals surface area contributed by atoms with E-state index in [9.17, 15) is 0 Å². The molecule has 0 amide bonds. The molecule has 3 nitrogen and oxygen atoms in total. The van der Waals surface area contributed by atoms with E-state index in [-0.39, 0.29) is 0 Å². The van der Waals surface area contributed by atoms with Gasteiger partial charge >= 0.3 is 0 Å². The second-order valence-electron chi connectivity index (χ2n) is 5.88. The van der Waals surface area contributed by atoms with Crippen molar-refractivity contribution in [3.63, 3.8) is 0 Å². The lowest BCUT2D eigenvalue weighted by molar-refractivity contribution is 0.309. The van der Waals surface area contributed by atoms with Crippen molar-refractivity contribution in [2.24, 2.45) is 0 Å². The molecule has 0 aliphatic carbocycles. The van der Waals surface area contributed by atoms with E-state index in [0.717, 1.165) is 41.3 Å². The van der Waals surface area contributed by atoms with Crippen LogP contribution in [-0.2, 0) is 13.0 Å². The van der Waals surface area contributed by atoms with Crippen molar-refractivity contribution in [1.29, 1.82) is 0 Å². The normalized spacial score (nSPS) is 10.3. The second-order valence-corrected chi connectivity index (χ2v) is 5.88. The van der Waals surface area contributed by atoms with Crippen LogP contribution >= 0.6 is 0 Å². The molecule has 128 valence electrons. The van der Waals surface area contributed by atoms with Crippen molar-refractivity contribution in [3.8, 4) is 11.5 Å². The number of rotatable bonds is 8. The average molecular weight is 325 g/mol. The van der Waals surface area contributed by atoms with Crippen LogP contribution in [0.25, 0.3) is 0 Å². The Labute approximate surface area is 145 Å². The van der Waals surface area contributed by atoms with Crippen molar-refractivity contribution in [2.75, 3.05) is 19.0 Å². The topological polar surface area (TPSA) is 30.5 Å². The van der Waals surface area contributed by atoms with Crippen LogP contribution in [0.2, 0.25) is 0 Å². The van der Waals surface area contributed by atoms with E-state index < -0.39 is 0 Å². The predicted molar refractivity (Wildman–Crippen MR) is 101 cm³/mol. The molecule has 0 unspecified atom stereocenters. The first-order valence-corrected chi connectivity index (χ1v) is 8.33. The fourth-order valence-electron chi connectivity index (χ4n) is 2.75. The molecule has 24 heavy (non-hydrogen) atoms. The van der Waals surface area contributed by atoms with Crippen molar-refractivity contribution >= 4 is 5.69 Å². The summed E-state index contributed by atoms with van der Waals surface area (Å²) in [6.07, 6.45) is 2.63. The van der Waals surface area contributed by atoms with Crippen LogP contribution in [0.3, 0.4) is 0 Å². The standard InChI is InChI=1S/C21H27NO2/c1-6-8-18-12-17(13-20(24-7-2)21(18)23-5)14-22-19-11-15(3)9-10-16(19)4/h6,9-13,22H,1,7-8,14H2,2-5H3. The van der Waals surface area contributed by atoms with Gasteiger partial charge in [0.25, 0.3) is 0 Å². The van der Waals surface area contributed by atoms with Crippen LogP contribution in [0.5, 0.6) is 11.5 Å². The monoisotopic (exact) mass is 325 g/mol. The number of ether oxygens (including phenoxy) is 2.